The summed E-state index contributed by atoms with van der Waals surface area (Å²) in [6, 6.07) is 0.166. The van der Waals surface area contributed by atoms with Crippen molar-refractivity contribution in [3.8, 4) is 0 Å². The molecule has 1 aliphatic rings. The highest BCUT2D eigenvalue weighted by Crippen LogP contribution is 2.40. The highest BCUT2D eigenvalue weighted by atomic mass is 16.1. The van der Waals surface area contributed by atoms with Gasteiger partial charge in [0.2, 0.25) is 5.91 Å². The highest BCUT2D eigenvalue weighted by molar-refractivity contribution is 5.79. The molecule has 3 N–H and O–H groups in total. The molecule has 2 unspecified atom stereocenters. The number of carbonyl (C=O) groups excluding carboxylic acids is 1. The van der Waals surface area contributed by atoms with Crippen LogP contribution >= 0.6 is 0 Å². The van der Waals surface area contributed by atoms with Crippen molar-refractivity contribution >= 4 is 5.91 Å². The molecule has 16 heavy (non-hydrogen) atoms. The average molecular weight is 226 g/mol. The maximum atomic E-state index is 12.0. The summed E-state index contributed by atoms with van der Waals surface area (Å²) in [6.07, 6.45) is 5.51. The lowest BCUT2D eigenvalue weighted by Gasteiger charge is -2.37. The molecule has 0 spiro atoms. The van der Waals surface area contributed by atoms with E-state index in [0.29, 0.717) is 6.54 Å². The second-order valence-electron chi connectivity index (χ2n) is 5.84. The molecular weight excluding hydrogens is 200 g/mol. The Labute approximate surface area is 99.2 Å². The molecule has 1 amide bonds. The molecule has 1 aliphatic carbocycles. The van der Waals surface area contributed by atoms with E-state index in [-0.39, 0.29) is 23.3 Å². The smallest absolute Gasteiger partial charge is 0.223 e. The zero-order valence-corrected chi connectivity index (χ0v) is 10.9. The first-order valence-electron chi connectivity index (χ1n) is 6.47. The summed E-state index contributed by atoms with van der Waals surface area (Å²) in [5.74, 6) is 0.416. The molecule has 1 saturated carbocycles. The Bertz CT molecular complexity index is 236. The minimum Gasteiger partial charge on any atom is -0.356 e. The molecule has 0 aliphatic heterocycles. The van der Waals surface area contributed by atoms with Crippen LogP contribution in [0.2, 0.25) is 0 Å². The van der Waals surface area contributed by atoms with Crippen LogP contribution in [-0.2, 0) is 4.79 Å². The minimum absolute atomic E-state index is 0.163. The van der Waals surface area contributed by atoms with Gasteiger partial charge in [0.25, 0.3) is 0 Å². The van der Waals surface area contributed by atoms with Crippen molar-refractivity contribution in [1.29, 1.82) is 0 Å². The molecule has 1 rings (SSSR count). The van der Waals surface area contributed by atoms with Gasteiger partial charge in [0, 0.05) is 18.5 Å². The molecule has 0 aromatic carbocycles. The van der Waals surface area contributed by atoms with Crippen LogP contribution in [0.25, 0.3) is 0 Å². The summed E-state index contributed by atoms with van der Waals surface area (Å²) >= 11 is 0. The van der Waals surface area contributed by atoms with E-state index in [1.54, 1.807) is 0 Å². The predicted octanol–water partition coefficient (Wildman–Crippen LogP) is 2.06. The average Bonchev–Trinajstić information content (AvgIpc) is 2.16. The van der Waals surface area contributed by atoms with E-state index in [2.05, 4.69) is 19.2 Å². The SMILES string of the molecule is CC(N)CCNC(=O)C1CCCCC1(C)C. The number of hydrogen-bond acceptors (Lipinski definition) is 2. The fourth-order valence-corrected chi connectivity index (χ4v) is 2.53. The van der Waals surface area contributed by atoms with E-state index in [9.17, 15) is 4.79 Å². The Morgan fingerprint density at radius 2 is 2.19 bits per heavy atom. The molecule has 0 radical (unpaired) electrons. The highest BCUT2D eigenvalue weighted by Gasteiger charge is 2.36. The first-order valence-corrected chi connectivity index (χ1v) is 6.47. The van der Waals surface area contributed by atoms with Gasteiger partial charge in [0.05, 0.1) is 0 Å². The van der Waals surface area contributed by atoms with Gasteiger partial charge in [-0.15, -0.1) is 0 Å². The fourth-order valence-electron chi connectivity index (χ4n) is 2.53. The maximum absolute atomic E-state index is 12.0. The molecule has 0 heterocycles. The summed E-state index contributed by atoms with van der Waals surface area (Å²) in [5, 5.41) is 3.02. The summed E-state index contributed by atoms with van der Waals surface area (Å²) in [4.78, 5) is 12.0. The van der Waals surface area contributed by atoms with Gasteiger partial charge in [-0.2, -0.15) is 0 Å². The van der Waals surface area contributed by atoms with Gasteiger partial charge >= 0.3 is 0 Å². The zero-order valence-electron chi connectivity index (χ0n) is 10.9. The van der Waals surface area contributed by atoms with Gasteiger partial charge < -0.3 is 11.1 Å². The first-order chi connectivity index (χ1) is 7.43. The topological polar surface area (TPSA) is 55.1 Å². The molecule has 3 heteroatoms. The standard InChI is InChI=1S/C13H26N2O/c1-10(14)7-9-15-12(16)11-6-4-5-8-13(11,2)3/h10-11H,4-9,14H2,1-3H3,(H,15,16). The van der Waals surface area contributed by atoms with E-state index < -0.39 is 0 Å². The summed E-state index contributed by atoms with van der Waals surface area (Å²) in [6.45, 7) is 7.10. The van der Waals surface area contributed by atoms with Crippen molar-refractivity contribution in [2.75, 3.05) is 6.54 Å². The molecule has 0 aromatic heterocycles. The normalized spacial score (nSPS) is 26.1. The van der Waals surface area contributed by atoms with E-state index >= 15 is 0 Å². The van der Waals surface area contributed by atoms with Crippen molar-refractivity contribution < 1.29 is 4.79 Å². The zero-order chi connectivity index (χ0) is 12.2. The Kier molecular flexibility index (Phi) is 4.78. The van der Waals surface area contributed by atoms with Crippen molar-refractivity contribution in [2.45, 2.75) is 58.9 Å². The molecule has 0 aromatic rings. The van der Waals surface area contributed by atoms with Crippen LogP contribution in [0, 0.1) is 11.3 Å². The lowest BCUT2D eigenvalue weighted by Crippen LogP contribution is -2.42. The minimum atomic E-state index is 0.163. The van der Waals surface area contributed by atoms with E-state index in [0.717, 1.165) is 12.8 Å². The second-order valence-corrected chi connectivity index (χ2v) is 5.84. The molecule has 94 valence electrons. The Balaban J connectivity index is 2.40. The van der Waals surface area contributed by atoms with E-state index in [4.69, 9.17) is 5.73 Å². The van der Waals surface area contributed by atoms with Crippen molar-refractivity contribution in [3.05, 3.63) is 0 Å². The lowest BCUT2D eigenvalue weighted by molar-refractivity contribution is -0.130. The number of rotatable bonds is 4. The predicted molar refractivity (Wildman–Crippen MR) is 67.0 cm³/mol. The fraction of sp³-hybridized carbons (Fsp3) is 0.923. The quantitative estimate of drug-likeness (QED) is 0.771. The number of carbonyl (C=O) groups is 1. The number of nitrogens with one attached hydrogen (secondary N) is 1. The van der Waals surface area contributed by atoms with Crippen LogP contribution in [0.5, 0.6) is 0 Å². The molecule has 0 bridgehead atoms. The van der Waals surface area contributed by atoms with Gasteiger partial charge in [-0.05, 0) is 31.6 Å². The van der Waals surface area contributed by atoms with Crippen molar-refractivity contribution in [2.24, 2.45) is 17.1 Å². The van der Waals surface area contributed by atoms with E-state index in [1.165, 1.54) is 19.3 Å². The first kappa shape index (κ1) is 13.5. The van der Waals surface area contributed by atoms with Crippen molar-refractivity contribution in [3.63, 3.8) is 0 Å². The Morgan fingerprint density at radius 1 is 1.50 bits per heavy atom. The largest absolute Gasteiger partial charge is 0.356 e. The van der Waals surface area contributed by atoms with Crippen LogP contribution in [0.3, 0.4) is 0 Å². The summed E-state index contributed by atoms with van der Waals surface area (Å²) in [5.41, 5.74) is 5.82. The molecule has 1 fully saturated rings. The number of nitrogens with two attached hydrogens (primary N) is 1. The van der Waals surface area contributed by atoms with Gasteiger partial charge in [0.15, 0.2) is 0 Å². The van der Waals surface area contributed by atoms with Crippen molar-refractivity contribution in [1.82, 2.24) is 5.32 Å². The van der Waals surface area contributed by atoms with Crippen LogP contribution in [0.4, 0.5) is 0 Å². The Hall–Kier alpha value is -0.570. The van der Waals surface area contributed by atoms with Crippen LogP contribution in [-0.4, -0.2) is 18.5 Å². The molecule has 0 saturated heterocycles. The number of hydrogen-bond donors (Lipinski definition) is 2. The van der Waals surface area contributed by atoms with Gasteiger partial charge in [-0.25, -0.2) is 0 Å². The monoisotopic (exact) mass is 226 g/mol. The van der Waals surface area contributed by atoms with Gasteiger partial charge in [-0.1, -0.05) is 26.7 Å². The third-order valence-corrected chi connectivity index (χ3v) is 3.72. The third-order valence-electron chi connectivity index (χ3n) is 3.72. The van der Waals surface area contributed by atoms with E-state index in [1.807, 2.05) is 6.92 Å². The van der Waals surface area contributed by atoms with Crippen LogP contribution in [0.1, 0.15) is 52.9 Å². The van der Waals surface area contributed by atoms with Gasteiger partial charge in [0.1, 0.15) is 0 Å². The Morgan fingerprint density at radius 3 is 2.75 bits per heavy atom. The third kappa shape index (κ3) is 3.78. The second kappa shape index (κ2) is 5.67. The molecular formula is C13H26N2O. The lowest BCUT2D eigenvalue weighted by atomic mass is 9.68. The summed E-state index contributed by atoms with van der Waals surface area (Å²) < 4.78 is 0. The van der Waals surface area contributed by atoms with Crippen LogP contribution in [0.15, 0.2) is 0 Å². The maximum Gasteiger partial charge on any atom is 0.223 e. The number of amides is 1. The summed E-state index contributed by atoms with van der Waals surface area (Å²) in [7, 11) is 0. The molecule has 2 atom stereocenters. The molecule has 3 nitrogen and oxygen atoms in total. The van der Waals surface area contributed by atoms with Crippen LogP contribution < -0.4 is 11.1 Å². The van der Waals surface area contributed by atoms with Gasteiger partial charge in [-0.3, -0.25) is 4.79 Å².